The minimum absolute atomic E-state index is 0.531. The highest BCUT2D eigenvalue weighted by Gasteiger charge is 2.06. The normalized spacial score (nSPS) is 10.9. The molecule has 5 nitrogen and oxygen atoms in total. The maximum atomic E-state index is 5.76. The van der Waals surface area contributed by atoms with Gasteiger partial charge in [-0.05, 0) is 54.8 Å². The van der Waals surface area contributed by atoms with Gasteiger partial charge in [0.15, 0.2) is 4.34 Å². The topological polar surface area (TPSA) is 56.3 Å². The minimum atomic E-state index is 0.531. The number of rotatable bonds is 10. The first-order valence-corrected chi connectivity index (χ1v) is 11.1. The van der Waals surface area contributed by atoms with Gasteiger partial charge in [-0.15, -0.1) is 10.2 Å². The predicted octanol–water partition coefficient (Wildman–Crippen LogP) is 5.97. The van der Waals surface area contributed by atoms with Crippen LogP contribution < -0.4 is 14.8 Å². The average Bonchev–Trinajstić information content (AvgIpc) is 3.14. The molecule has 28 heavy (non-hydrogen) atoms. The smallest absolute Gasteiger partial charge is 0.210 e. The summed E-state index contributed by atoms with van der Waals surface area (Å²) in [6, 6.07) is 16.1. The predicted molar refractivity (Wildman–Crippen MR) is 118 cm³/mol. The van der Waals surface area contributed by atoms with E-state index in [1.165, 1.54) is 5.56 Å². The molecule has 3 aromatic rings. The van der Waals surface area contributed by atoms with E-state index in [-0.39, 0.29) is 0 Å². The van der Waals surface area contributed by atoms with Crippen molar-refractivity contribution in [3.63, 3.8) is 0 Å². The van der Waals surface area contributed by atoms with Crippen molar-refractivity contribution in [1.29, 1.82) is 0 Å². The Kier molecular flexibility index (Phi) is 7.56. The molecule has 0 unspecified atom stereocenters. The lowest BCUT2D eigenvalue weighted by Gasteiger charge is -2.07. The molecule has 0 aliphatic carbocycles. The van der Waals surface area contributed by atoms with E-state index in [0.29, 0.717) is 19.1 Å². The van der Waals surface area contributed by atoms with E-state index < -0.39 is 0 Å². The van der Waals surface area contributed by atoms with Gasteiger partial charge in [0.25, 0.3) is 0 Å². The number of hydrogen-bond donors (Lipinski definition) is 1. The molecule has 0 fully saturated rings. The first kappa shape index (κ1) is 20.5. The third-order valence-electron chi connectivity index (χ3n) is 3.95. The summed E-state index contributed by atoms with van der Waals surface area (Å²) in [6.45, 7) is 7.63. The molecule has 1 heterocycles. The summed E-state index contributed by atoms with van der Waals surface area (Å²) in [5.74, 6) is 3.04. The molecule has 1 aromatic heterocycles. The van der Waals surface area contributed by atoms with Crippen molar-refractivity contribution in [3.05, 3.63) is 54.1 Å². The fourth-order valence-electron chi connectivity index (χ4n) is 2.48. The van der Waals surface area contributed by atoms with E-state index >= 15 is 0 Å². The van der Waals surface area contributed by atoms with E-state index in [1.807, 2.05) is 31.2 Å². The zero-order valence-electron chi connectivity index (χ0n) is 16.3. The third kappa shape index (κ3) is 6.14. The van der Waals surface area contributed by atoms with E-state index in [2.05, 4.69) is 53.6 Å². The second-order valence-electron chi connectivity index (χ2n) is 6.38. The second kappa shape index (κ2) is 10.3. The van der Waals surface area contributed by atoms with Gasteiger partial charge in [-0.3, -0.25) is 0 Å². The third-order valence-corrected chi connectivity index (χ3v) is 5.88. The van der Waals surface area contributed by atoms with Crippen LogP contribution in [-0.2, 0) is 0 Å². The highest BCUT2D eigenvalue weighted by Crippen LogP contribution is 2.28. The van der Waals surface area contributed by atoms with Crippen LogP contribution in [0.2, 0.25) is 0 Å². The van der Waals surface area contributed by atoms with Crippen LogP contribution in [-0.4, -0.2) is 29.2 Å². The molecular weight excluding hydrogens is 390 g/mol. The first-order valence-electron chi connectivity index (χ1n) is 9.33. The molecule has 0 amide bonds. The second-order valence-corrected chi connectivity index (χ2v) is 8.70. The van der Waals surface area contributed by atoms with Crippen molar-refractivity contribution in [1.82, 2.24) is 10.2 Å². The number of hydrogen-bond acceptors (Lipinski definition) is 7. The lowest BCUT2D eigenvalue weighted by atomic mass is 10.0. The van der Waals surface area contributed by atoms with Crippen LogP contribution in [0, 0.1) is 0 Å². The van der Waals surface area contributed by atoms with Gasteiger partial charge in [0.05, 0.1) is 13.2 Å². The highest BCUT2D eigenvalue weighted by molar-refractivity contribution is 8.01. The van der Waals surface area contributed by atoms with Crippen LogP contribution in [0.25, 0.3) is 0 Å². The molecule has 0 bridgehead atoms. The molecule has 2 aromatic carbocycles. The fourth-order valence-corrected chi connectivity index (χ4v) is 4.14. The maximum Gasteiger partial charge on any atom is 0.210 e. The van der Waals surface area contributed by atoms with E-state index in [1.54, 1.807) is 23.1 Å². The Morgan fingerprint density at radius 2 is 1.64 bits per heavy atom. The molecule has 0 saturated carbocycles. The van der Waals surface area contributed by atoms with E-state index in [9.17, 15) is 0 Å². The Hall–Kier alpha value is -2.25. The largest absolute Gasteiger partial charge is 0.494 e. The number of ether oxygens (including phenoxy) is 2. The summed E-state index contributed by atoms with van der Waals surface area (Å²) in [4.78, 5) is 0. The Labute approximate surface area is 174 Å². The van der Waals surface area contributed by atoms with Gasteiger partial charge in [-0.1, -0.05) is 49.1 Å². The average molecular weight is 416 g/mol. The summed E-state index contributed by atoms with van der Waals surface area (Å²) in [7, 11) is 0. The first-order chi connectivity index (χ1) is 13.6. The molecule has 1 N–H and O–H groups in total. The number of aromatic nitrogens is 2. The summed E-state index contributed by atoms with van der Waals surface area (Å²) >= 11 is 3.19. The van der Waals surface area contributed by atoms with Crippen LogP contribution in [0.15, 0.2) is 52.9 Å². The molecule has 0 aliphatic heterocycles. The molecule has 0 radical (unpaired) electrons. The van der Waals surface area contributed by atoms with Crippen LogP contribution in [0.5, 0.6) is 11.5 Å². The monoisotopic (exact) mass is 415 g/mol. The van der Waals surface area contributed by atoms with Crippen LogP contribution in [0.3, 0.4) is 0 Å². The number of anilines is 2. The zero-order valence-corrected chi connectivity index (χ0v) is 18.0. The molecule has 3 rings (SSSR count). The lowest BCUT2D eigenvalue weighted by molar-refractivity contribution is 0.332. The molecule has 0 aliphatic rings. The SMILES string of the molecule is CCOc1ccc(OCCSc2nnc(Nc3ccc(C(C)C)cc3)s2)cc1. The Balaban J connectivity index is 1.42. The molecular formula is C21H25N3O2S2. The van der Waals surface area contributed by atoms with Crippen LogP contribution in [0.4, 0.5) is 10.8 Å². The molecule has 0 saturated heterocycles. The van der Waals surface area contributed by atoms with Crippen molar-refractivity contribution >= 4 is 33.9 Å². The Morgan fingerprint density at radius 3 is 2.29 bits per heavy atom. The van der Waals surface area contributed by atoms with Crippen molar-refractivity contribution in [2.24, 2.45) is 0 Å². The summed E-state index contributed by atoms with van der Waals surface area (Å²) in [5, 5.41) is 12.6. The number of nitrogens with one attached hydrogen (secondary N) is 1. The van der Waals surface area contributed by atoms with Crippen LogP contribution in [0.1, 0.15) is 32.3 Å². The van der Waals surface area contributed by atoms with Gasteiger partial charge in [0, 0.05) is 11.4 Å². The Morgan fingerprint density at radius 1 is 0.964 bits per heavy atom. The molecule has 7 heteroatoms. The van der Waals surface area contributed by atoms with Crippen LogP contribution >= 0.6 is 23.1 Å². The van der Waals surface area contributed by atoms with Crippen molar-refractivity contribution in [2.75, 3.05) is 24.3 Å². The number of nitrogens with zero attached hydrogens (tertiary/aromatic N) is 2. The summed E-state index contributed by atoms with van der Waals surface area (Å²) < 4.78 is 12.1. The van der Waals surface area contributed by atoms with Crippen molar-refractivity contribution in [3.8, 4) is 11.5 Å². The lowest BCUT2D eigenvalue weighted by Crippen LogP contribution is -2.00. The summed E-state index contributed by atoms with van der Waals surface area (Å²) in [6.07, 6.45) is 0. The van der Waals surface area contributed by atoms with Gasteiger partial charge in [-0.25, -0.2) is 0 Å². The molecule has 148 valence electrons. The minimum Gasteiger partial charge on any atom is -0.494 e. The molecule has 0 atom stereocenters. The van der Waals surface area contributed by atoms with Crippen molar-refractivity contribution < 1.29 is 9.47 Å². The maximum absolute atomic E-state index is 5.76. The van der Waals surface area contributed by atoms with Gasteiger partial charge in [0.2, 0.25) is 5.13 Å². The quantitative estimate of drug-likeness (QED) is 0.325. The van der Waals surface area contributed by atoms with Crippen molar-refractivity contribution in [2.45, 2.75) is 31.0 Å². The number of benzene rings is 2. The van der Waals surface area contributed by atoms with E-state index in [0.717, 1.165) is 32.4 Å². The van der Waals surface area contributed by atoms with Gasteiger partial charge < -0.3 is 14.8 Å². The fraction of sp³-hybridized carbons (Fsp3) is 0.333. The standard InChI is InChI=1S/C21H25N3O2S2/c1-4-25-18-9-11-19(12-10-18)26-13-14-27-21-24-23-20(28-21)22-17-7-5-16(6-8-17)15(2)3/h5-12,15H,4,13-14H2,1-3H3,(H,22,23). The van der Waals surface area contributed by atoms with E-state index in [4.69, 9.17) is 9.47 Å². The summed E-state index contributed by atoms with van der Waals surface area (Å²) in [5.41, 5.74) is 2.35. The van der Waals surface area contributed by atoms with Gasteiger partial charge in [0.1, 0.15) is 11.5 Å². The Bertz CT molecular complexity index is 849. The highest BCUT2D eigenvalue weighted by atomic mass is 32.2. The zero-order chi connectivity index (χ0) is 19.8. The van der Waals surface area contributed by atoms with Gasteiger partial charge >= 0.3 is 0 Å². The number of thioether (sulfide) groups is 1. The van der Waals surface area contributed by atoms with Gasteiger partial charge in [-0.2, -0.15) is 0 Å². The molecule has 0 spiro atoms.